The van der Waals surface area contributed by atoms with Crippen LogP contribution in [0.5, 0.6) is 0 Å². The van der Waals surface area contributed by atoms with E-state index in [1.54, 1.807) is 45.0 Å². The van der Waals surface area contributed by atoms with E-state index in [1.165, 1.54) is 4.90 Å². The van der Waals surface area contributed by atoms with Crippen LogP contribution >= 0.6 is 0 Å². The first-order valence-corrected chi connectivity index (χ1v) is 12.0. The first kappa shape index (κ1) is 29.0. The average molecular weight is 472 g/mol. The summed E-state index contributed by atoms with van der Waals surface area (Å²) in [5, 5.41) is 5.73. The van der Waals surface area contributed by atoms with Crippen LogP contribution in [0.2, 0.25) is 0 Å². The van der Waals surface area contributed by atoms with Crippen molar-refractivity contribution in [2.24, 2.45) is 5.92 Å². The van der Waals surface area contributed by atoms with Crippen LogP contribution in [0.4, 0.5) is 4.79 Å². The molecule has 0 aliphatic carbocycles. The van der Waals surface area contributed by atoms with Crippen molar-refractivity contribution in [3.63, 3.8) is 0 Å². The lowest BCUT2D eigenvalue weighted by Gasteiger charge is -2.35. The number of amides is 3. The monoisotopic (exact) mass is 471 g/mol. The molecule has 0 aromatic heterocycles. The first-order chi connectivity index (χ1) is 15.8. The van der Waals surface area contributed by atoms with E-state index in [0.717, 1.165) is 12.8 Å². The molecule has 0 aliphatic heterocycles. The third kappa shape index (κ3) is 8.74. The van der Waals surface area contributed by atoms with E-state index < -0.39 is 23.8 Å². The Hall–Kier alpha value is -3.01. The zero-order valence-electron chi connectivity index (χ0n) is 21.9. The molecule has 0 radical (unpaired) electrons. The summed E-state index contributed by atoms with van der Waals surface area (Å²) in [6.45, 7) is 15.0. The summed E-state index contributed by atoms with van der Waals surface area (Å²) >= 11 is 0. The summed E-state index contributed by atoms with van der Waals surface area (Å²) < 4.78 is 5.36. The fourth-order valence-corrected chi connectivity index (χ4v) is 3.65. The maximum absolute atomic E-state index is 13.7. The predicted molar refractivity (Wildman–Crippen MR) is 135 cm³/mol. The normalized spacial score (nSPS) is 13.9. The molecule has 188 valence electrons. The lowest BCUT2D eigenvalue weighted by Crippen LogP contribution is -2.55. The van der Waals surface area contributed by atoms with Crippen molar-refractivity contribution >= 4 is 17.9 Å². The van der Waals surface area contributed by atoms with Crippen molar-refractivity contribution in [1.29, 1.82) is 0 Å². The number of carbonyl (C=O) groups is 3. The Morgan fingerprint density at radius 3 is 2.09 bits per heavy atom. The highest BCUT2D eigenvalue weighted by molar-refractivity contribution is 5.92. The third-order valence-corrected chi connectivity index (χ3v) is 5.29. The Morgan fingerprint density at radius 1 is 1.06 bits per heavy atom. The minimum atomic E-state index is -0.870. The molecule has 0 saturated carbocycles. The van der Waals surface area contributed by atoms with Crippen LogP contribution in [-0.2, 0) is 14.3 Å². The highest BCUT2D eigenvalue weighted by Crippen LogP contribution is 2.24. The molecule has 0 bridgehead atoms. The van der Waals surface area contributed by atoms with E-state index in [1.807, 2.05) is 27.7 Å². The van der Waals surface area contributed by atoms with Gasteiger partial charge in [-0.2, -0.15) is 0 Å². The Bertz CT molecular complexity index is 865. The molecule has 1 aromatic rings. The van der Waals surface area contributed by atoms with Gasteiger partial charge in [0.1, 0.15) is 17.7 Å². The summed E-state index contributed by atoms with van der Waals surface area (Å²) in [7, 11) is 0. The minimum absolute atomic E-state index is 0.0421. The van der Waals surface area contributed by atoms with Gasteiger partial charge >= 0.3 is 6.09 Å². The maximum atomic E-state index is 13.7. The Morgan fingerprint density at radius 2 is 1.65 bits per heavy atom. The van der Waals surface area contributed by atoms with Crippen molar-refractivity contribution in [3.05, 3.63) is 35.4 Å². The zero-order valence-corrected chi connectivity index (χ0v) is 21.9. The van der Waals surface area contributed by atoms with Crippen LogP contribution in [0.1, 0.15) is 85.4 Å². The number of terminal acetylenes is 1. The van der Waals surface area contributed by atoms with Gasteiger partial charge < -0.3 is 20.3 Å². The number of benzene rings is 1. The van der Waals surface area contributed by atoms with E-state index in [0.29, 0.717) is 11.1 Å². The fraction of sp³-hybridized carbons (Fsp3) is 0.593. The standard InChI is InChI=1S/C27H41N3O4/c1-10-13-19(6)28-24(31)23(21-16-14-20(11-2)15-17-21)30(12-3)25(32)22(18(4)5)29-26(33)34-27(7,8)9/h2,14-19,22-23H,10,12-13H2,1,3-9H3,(H,28,31)(H,29,33). The number of rotatable bonds is 10. The summed E-state index contributed by atoms with van der Waals surface area (Å²) in [4.78, 5) is 41.1. The first-order valence-electron chi connectivity index (χ1n) is 12.0. The zero-order chi connectivity index (χ0) is 26.1. The van der Waals surface area contributed by atoms with Crippen molar-refractivity contribution in [3.8, 4) is 12.3 Å². The van der Waals surface area contributed by atoms with Crippen LogP contribution in [0.3, 0.4) is 0 Å². The number of carbonyl (C=O) groups excluding carboxylic acids is 3. The summed E-state index contributed by atoms with van der Waals surface area (Å²) in [6.07, 6.45) is 6.56. The van der Waals surface area contributed by atoms with E-state index in [4.69, 9.17) is 11.2 Å². The molecule has 7 nitrogen and oxygen atoms in total. The van der Waals surface area contributed by atoms with Gasteiger partial charge in [-0.1, -0.05) is 45.2 Å². The van der Waals surface area contributed by atoms with Gasteiger partial charge in [-0.3, -0.25) is 9.59 Å². The molecule has 3 amide bonds. The Balaban J connectivity index is 3.35. The molecule has 3 unspecified atom stereocenters. The molecule has 0 aliphatic rings. The van der Waals surface area contributed by atoms with Gasteiger partial charge in [0, 0.05) is 18.2 Å². The molecule has 1 rings (SSSR count). The highest BCUT2D eigenvalue weighted by atomic mass is 16.6. The molecular weight excluding hydrogens is 430 g/mol. The SMILES string of the molecule is C#Cc1ccc(C(C(=O)NC(C)CCC)N(CC)C(=O)C(NC(=O)OC(C)(C)C)C(C)C)cc1. The number of alkyl carbamates (subject to hydrolysis) is 1. The van der Waals surface area contributed by atoms with Gasteiger partial charge in [-0.05, 0) is 64.7 Å². The number of nitrogens with one attached hydrogen (secondary N) is 2. The van der Waals surface area contributed by atoms with Gasteiger partial charge in [-0.25, -0.2) is 4.79 Å². The number of hydrogen-bond acceptors (Lipinski definition) is 4. The predicted octanol–water partition coefficient (Wildman–Crippen LogP) is 4.41. The Kier molecular flexibility index (Phi) is 11.1. The summed E-state index contributed by atoms with van der Waals surface area (Å²) in [5.74, 6) is 1.72. The molecule has 0 fully saturated rings. The Labute approximate surface area is 205 Å². The van der Waals surface area contributed by atoms with Gasteiger partial charge in [0.25, 0.3) is 0 Å². The molecule has 7 heteroatoms. The number of hydrogen-bond donors (Lipinski definition) is 2. The van der Waals surface area contributed by atoms with Crippen LogP contribution in [0.25, 0.3) is 0 Å². The van der Waals surface area contributed by atoms with E-state index >= 15 is 0 Å². The molecular formula is C27H41N3O4. The molecule has 1 aromatic carbocycles. The second-order valence-electron chi connectivity index (χ2n) is 9.86. The van der Waals surface area contributed by atoms with Crippen LogP contribution in [0, 0.1) is 18.3 Å². The largest absolute Gasteiger partial charge is 0.444 e. The number of likely N-dealkylation sites (N-methyl/N-ethyl adjacent to an activating group) is 1. The second-order valence-corrected chi connectivity index (χ2v) is 9.86. The van der Waals surface area contributed by atoms with E-state index in [-0.39, 0.29) is 30.3 Å². The fourth-order valence-electron chi connectivity index (χ4n) is 3.65. The van der Waals surface area contributed by atoms with Crippen molar-refractivity contribution < 1.29 is 19.1 Å². The lowest BCUT2D eigenvalue weighted by atomic mass is 9.98. The van der Waals surface area contributed by atoms with Gasteiger partial charge in [0.15, 0.2) is 0 Å². The van der Waals surface area contributed by atoms with Gasteiger partial charge in [-0.15, -0.1) is 6.42 Å². The van der Waals surface area contributed by atoms with Crippen molar-refractivity contribution in [2.45, 2.75) is 92.0 Å². The molecule has 0 saturated heterocycles. The van der Waals surface area contributed by atoms with Crippen molar-refractivity contribution in [1.82, 2.24) is 15.5 Å². The quantitative estimate of drug-likeness (QED) is 0.495. The van der Waals surface area contributed by atoms with Crippen LogP contribution in [0.15, 0.2) is 24.3 Å². The van der Waals surface area contributed by atoms with Gasteiger partial charge in [0.2, 0.25) is 11.8 Å². The number of ether oxygens (including phenoxy) is 1. The summed E-state index contributed by atoms with van der Waals surface area (Å²) in [6, 6.07) is 5.27. The van der Waals surface area contributed by atoms with Crippen molar-refractivity contribution in [2.75, 3.05) is 6.54 Å². The molecule has 34 heavy (non-hydrogen) atoms. The average Bonchev–Trinajstić information content (AvgIpc) is 2.74. The third-order valence-electron chi connectivity index (χ3n) is 5.29. The molecule has 0 spiro atoms. The highest BCUT2D eigenvalue weighted by Gasteiger charge is 2.37. The minimum Gasteiger partial charge on any atom is -0.444 e. The smallest absolute Gasteiger partial charge is 0.408 e. The maximum Gasteiger partial charge on any atom is 0.408 e. The van der Waals surface area contributed by atoms with Gasteiger partial charge in [0.05, 0.1) is 0 Å². The van der Waals surface area contributed by atoms with E-state index in [9.17, 15) is 14.4 Å². The second kappa shape index (κ2) is 13.0. The number of nitrogens with zero attached hydrogens (tertiary/aromatic N) is 1. The van der Waals surface area contributed by atoms with Crippen LogP contribution in [-0.4, -0.2) is 47.0 Å². The lowest BCUT2D eigenvalue weighted by molar-refractivity contribution is -0.143. The molecule has 3 atom stereocenters. The molecule has 2 N–H and O–H groups in total. The summed E-state index contributed by atoms with van der Waals surface area (Å²) in [5.41, 5.74) is 0.633. The topological polar surface area (TPSA) is 87.7 Å². The van der Waals surface area contributed by atoms with E-state index in [2.05, 4.69) is 23.5 Å². The molecule has 0 heterocycles. The van der Waals surface area contributed by atoms with Crippen LogP contribution < -0.4 is 10.6 Å².